The number of aryl methyl sites for hydroxylation is 1. The normalized spacial score (nSPS) is 12.2. The molecule has 0 bridgehead atoms. The molecule has 0 spiro atoms. The van der Waals surface area contributed by atoms with Gasteiger partial charge in [0.05, 0.1) is 77.1 Å². The van der Waals surface area contributed by atoms with Crippen molar-refractivity contribution in [1.29, 1.82) is 0 Å². The monoisotopic (exact) mass is 1820 g/mol. The van der Waals surface area contributed by atoms with Crippen LogP contribution in [0, 0.1) is 13.8 Å². The van der Waals surface area contributed by atoms with E-state index < -0.39 is 32.3 Å². The van der Waals surface area contributed by atoms with Crippen LogP contribution in [0.5, 0.6) is 0 Å². The maximum absolute atomic E-state index is 2.59. The Hall–Kier alpha value is -14.9. The van der Waals surface area contributed by atoms with E-state index in [-0.39, 0.29) is 0 Å². The first-order chi connectivity index (χ1) is 65.9. The Kier molecular flexibility index (Phi) is 21.8. The number of hydrogen-bond donors (Lipinski definition) is 0. The molecule has 0 N–H and O–H groups in total. The van der Waals surface area contributed by atoms with Crippen molar-refractivity contribution in [2.75, 3.05) is 19.6 Å². The predicted molar refractivity (Wildman–Crippen MR) is 602 cm³/mol. The van der Waals surface area contributed by atoms with E-state index in [9.17, 15) is 0 Å². The fraction of sp³-hybridized carbons (Fsp3) is 0.111. The molecule has 0 aliphatic rings. The summed E-state index contributed by atoms with van der Waals surface area (Å²) < 4.78 is 5.15. The third-order valence-corrected chi connectivity index (χ3v) is 36.5. The van der Waals surface area contributed by atoms with Crippen LogP contribution in [0.3, 0.4) is 0 Å². The summed E-state index contributed by atoms with van der Waals surface area (Å²) in [6.07, 6.45) is 0. The average molecular weight is 1820 g/mol. The van der Waals surface area contributed by atoms with Crippen molar-refractivity contribution in [2.45, 2.75) is 92.4 Å². The van der Waals surface area contributed by atoms with Crippen molar-refractivity contribution in [2.24, 2.45) is 0 Å². The van der Waals surface area contributed by atoms with Gasteiger partial charge in [-0.05, 0) is 213 Å². The van der Waals surface area contributed by atoms with Crippen molar-refractivity contribution >= 4 is 208 Å². The summed E-state index contributed by atoms with van der Waals surface area (Å²) in [5.74, 6) is 0. The number of anilines is 12. The molecule has 0 amide bonds. The fourth-order valence-electron chi connectivity index (χ4n) is 21.0. The summed E-state index contributed by atoms with van der Waals surface area (Å²) in [7, 11) is -6.88. The van der Waals surface area contributed by atoms with Gasteiger partial charge < -0.3 is 28.7 Å². The predicted octanol–water partition coefficient (Wildman–Crippen LogP) is 34.2. The van der Waals surface area contributed by atoms with Gasteiger partial charge in [0.25, 0.3) is 0 Å². The molecule has 2 aromatic heterocycles. The Morgan fingerprint density at radius 1 is 0.184 bits per heavy atom. The van der Waals surface area contributed by atoms with Crippen LogP contribution >= 0.6 is 0 Å². The quantitative estimate of drug-likeness (QED) is 0.0669. The standard InChI is InChI=1S/C126H112N6Si4/c1-85-36-24-33-54-113(85)129(97-68-76-102(77-69-97)135(9,10)11)117-83-121-125(111-51-31-27-47-107(111)117)126-112-52-32-28-48-108(112)118(84-122(126)132(121)96-62-58-90(59-63-96)88-39-20-16-21-40-88)130(98-70-78-103(79-71-98)136(12,13)14)114-55-35-53-104(86(114)2)91-41-34-44-99(80-91)128(94-66-74-101(75-67-94)134(6,7)8)116-82-120-124(110-50-30-26-46-106(110)116)123-109-49-29-25-45-105(109)115(81-119(123)131(120)95-60-56-89(57-61-95)87-37-18-15-19-38-87)127(92-42-22-17-23-43-92)93-64-72-100(73-65-93)133(3,4)5/h15-84H,1-14H3. The van der Waals surface area contributed by atoms with Crippen LogP contribution in [-0.4, -0.2) is 41.4 Å². The van der Waals surface area contributed by atoms with Gasteiger partial charge in [0.15, 0.2) is 0 Å². The Morgan fingerprint density at radius 2 is 0.441 bits per heavy atom. The number of rotatable bonds is 21. The molecule has 22 rings (SSSR count). The summed E-state index contributed by atoms with van der Waals surface area (Å²) in [5.41, 5.74) is 29.1. The van der Waals surface area contributed by atoms with Gasteiger partial charge in [-0.15, -0.1) is 0 Å². The molecule has 6 nitrogen and oxygen atoms in total. The molecule has 0 fully saturated rings. The lowest BCUT2D eigenvalue weighted by molar-refractivity contribution is 1.17. The first-order valence-corrected chi connectivity index (χ1v) is 61.9. The molecule has 22 aromatic rings. The molecule has 136 heavy (non-hydrogen) atoms. The van der Waals surface area contributed by atoms with Crippen LogP contribution in [-0.2, 0) is 0 Å². The molecule has 20 aromatic carbocycles. The van der Waals surface area contributed by atoms with E-state index in [2.05, 4.69) is 546 Å². The van der Waals surface area contributed by atoms with Crippen LogP contribution < -0.4 is 40.3 Å². The lowest BCUT2D eigenvalue weighted by Gasteiger charge is -2.31. The third kappa shape index (κ3) is 15.4. The largest absolute Gasteiger partial charge is 0.310 e. The highest BCUT2D eigenvalue weighted by Crippen LogP contribution is 2.55. The molecular formula is C126H112N6Si4. The van der Waals surface area contributed by atoms with Crippen LogP contribution in [0.2, 0.25) is 78.6 Å². The summed E-state index contributed by atoms with van der Waals surface area (Å²) in [4.78, 5) is 10.2. The zero-order valence-electron chi connectivity index (χ0n) is 80.1. The number of nitrogens with zero attached hydrogens (tertiary/aromatic N) is 6. The summed E-state index contributed by atoms with van der Waals surface area (Å²) in [5, 5.41) is 19.9. The van der Waals surface area contributed by atoms with Gasteiger partial charge >= 0.3 is 0 Å². The Labute approximate surface area is 803 Å². The zero-order chi connectivity index (χ0) is 93.2. The highest BCUT2D eigenvalue weighted by Gasteiger charge is 2.33. The zero-order valence-corrected chi connectivity index (χ0v) is 84.1. The molecule has 2 heterocycles. The second-order valence-corrected chi connectivity index (χ2v) is 61.3. The van der Waals surface area contributed by atoms with Crippen LogP contribution in [0.25, 0.3) is 131 Å². The fourth-order valence-corrected chi connectivity index (χ4v) is 25.7. The molecule has 0 unspecified atom stereocenters. The lowest BCUT2D eigenvalue weighted by Crippen LogP contribution is -2.37. The van der Waals surface area contributed by atoms with Crippen LogP contribution in [0.4, 0.5) is 68.2 Å². The van der Waals surface area contributed by atoms with E-state index in [1.165, 1.54) is 96.9 Å². The Balaban J connectivity index is 0.770. The smallest absolute Gasteiger partial charge is 0.0775 e. The van der Waals surface area contributed by atoms with Gasteiger partial charge in [-0.3, -0.25) is 0 Å². The molecule has 0 atom stereocenters. The van der Waals surface area contributed by atoms with E-state index in [0.717, 1.165) is 135 Å². The van der Waals surface area contributed by atoms with Gasteiger partial charge in [0.1, 0.15) is 0 Å². The third-order valence-electron chi connectivity index (χ3n) is 28.2. The van der Waals surface area contributed by atoms with Crippen LogP contribution in [0.1, 0.15) is 11.1 Å². The Bertz CT molecular complexity index is 8350. The first-order valence-electron chi connectivity index (χ1n) is 47.9. The maximum Gasteiger partial charge on any atom is 0.0775 e. The van der Waals surface area contributed by atoms with Crippen molar-refractivity contribution in [1.82, 2.24) is 9.13 Å². The maximum atomic E-state index is 2.59. The van der Waals surface area contributed by atoms with Crippen LogP contribution in [0.15, 0.2) is 425 Å². The molecule has 0 saturated carbocycles. The number of benzene rings is 20. The van der Waals surface area contributed by atoms with E-state index in [4.69, 9.17) is 0 Å². The molecule has 662 valence electrons. The van der Waals surface area contributed by atoms with Crippen molar-refractivity contribution < 1.29 is 0 Å². The molecule has 0 saturated heterocycles. The van der Waals surface area contributed by atoms with E-state index in [0.29, 0.717) is 0 Å². The van der Waals surface area contributed by atoms with Crippen molar-refractivity contribution in [3.8, 4) is 44.8 Å². The van der Waals surface area contributed by atoms with Gasteiger partial charge in [-0.2, -0.15) is 0 Å². The van der Waals surface area contributed by atoms with Crippen molar-refractivity contribution in [3.05, 3.63) is 436 Å². The SMILES string of the molecule is Cc1ccccc1N(c1ccc([Si](C)(C)C)cc1)c1cc2c(c3ccccc13)c1c3ccccc3c(N(c3ccc([Si](C)(C)C)cc3)c3cccc(-c4cccc(N(c5ccc([Si](C)(C)C)cc5)c5cc6c(c7ccccc57)c5c7ccccc7c(N(c7ccccc7)c7ccc([Si](C)(C)C)cc7)cc5n6-c5ccc(-c6ccccc6)cc5)c4)c3C)cc1n2-c1ccc(-c2ccccc2)cc1. The molecule has 0 aliphatic heterocycles. The number of aromatic nitrogens is 2. The topological polar surface area (TPSA) is 22.8 Å². The molecule has 10 heteroatoms. The van der Waals surface area contributed by atoms with E-state index >= 15 is 0 Å². The summed E-state index contributed by atoms with van der Waals surface area (Å²) in [6.45, 7) is 33.9. The van der Waals surface area contributed by atoms with E-state index in [1.807, 2.05) is 0 Å². The Morgan fingerprint density at radius 3 is 0.794 bits per heavy atom. The van der Waals surface area contributed by atoms with Gasteiger partial charge in [0.2, 0.25) is 0 Å². The highest BCUT2D eigenvalue weighted by atomic mass is 28.3. The molecule has 0 radical (unpaired) electrons. The number of hydrogen-bond acceptors (Lipinski definition) is 4. The second kappa shape index (κ2) is 34.2. The van der Waals surface area contributed by atoms with Gasteiger partial charge in [-0.1, -0.05) is 390 Å². The molecule has 0 aliphatic carbocycles. The average Bonchev–Trinajstić information content (AvgIpc) is 1.54. The minimum Gasteiger partial charge on any atom is -0.310 e. The van der Waals surface area contributed by atoms with Gasteiger partial charge in [-0.25, -0.2) is 0 Å². The first kappa shape index (κ1) is 86.5. The molecular weight excluding hydrogens is 1710 g/mol. The lowest BCUT2D eigenvalue weighted by atomic mass is 9.95. The second-order valence-electron chi connectivity index (χ2n) is 41.0. The summed E-state index contributed by atoms with van der Waals surface area (Å²) >= 11 is 0. The minimum absolute atomic E-state index is 1.05. The van der Waals surface area contributed by atoms with Crippen molar-refractivity contribution in [3.63, 3.8) is 0 Å². The number of para-hydroxylation sites is 2. The summed E-state index contributed by atoms with van der Waals surface area (Å²) in [6, 6.07) is 161. The van der Waals surface area contributed by atoms with E-state index in [1.54, 1.807) is 0 Å². The highest BCUT2D eigenvalue weighted by molar-refractivity contribution is 6.90. The van der Waals surface area contributed by atoms with Gasteiger partial charge in [0, 0.05) is 100.0 Å². The minimum atomic E-state index is -1.79. The number of fused-ring (bicyclic) bond motifs is 14.